The number of carbonyl (C=O) groups excluding carboxylic acids is 2. The third kappa shape index (κ3) is 4.73. The fraction of sp³-hybridized carbons (Fsp3) is 0.263. The van der Waals surface area contributed by atoms with Gasteiger partial charge in [0.05, 0.1) is 36.1 Å². The van der Waals surface area contributed by atoms with Gasteiger partial charge in [-0.3, -0.25) is 4.79 Å². The lowest BCUT2D eigenvalue weighted by molar-refractivity contribution is -0.141. The summed E-state index contributed by atoms with van der Waals surface area (Å²) in [6, 6.07) is 16.1. The highest BCUT2D eigenvalue weighted by molar-refractivity contribution is 5.89. The summed E-state index contributed by atoms with van der Waals surface area (Å²) in [5, 5.41) is 8.24. The molecule has 0 bridgehead atoms. The number of rotatable bonds is 6. The fourth-order valence-corrected chi connectivity index (χ4v) is 2.45. The summed E-state index contributed by atoms with van der Waals surface area (Å²) in [7, 11) is 0. The highest BCUT2D eigenvalue weighted by Gasteiger charge is 2.26. The number of nitrogens with zero attached hydrogens (tertiary/aromatic N) is 2. The maximum atomic E-state index is 12.0. The molecule has 6 heteroatoms. The first kappa shape index (κ1) is 16.8. The molecule has 2 aromatic carbocycles. The molecule has 1 atom stereocenters. The van der Waals surface area contributed by atoms with Gasteiger partial charge in [-0.2, -0.15) is 10.2 Å². The lowest BCUT2D eigenvalue weighted by Crippen LogP contribution is -2.13. The van der Waals surface area contributed by atoms with E-state index in [2.05, 4.69) is 10.2 Å². The second-order valence-corrected chi connectivity index (χ2v) is 5.66. The van der Waals surface area contributed by atoms with Gasteiger partial charge >= 0.3 is 11.9 Å². The van der Waals surface area contributed by atoms with Gasteiger partial charge in [-0.05, 0) is 49.2 Å². The standard InChI is InChI=1S/C19H18N2O4/c22-18(24-12-10-15-11-13-25-19(15)23)14-6-8-17(9-7-14)21-20-16-4-2-1-3-5-16/h1-9,15H,10-13H2. The molecule has 2 aromatic rings. The third-order valence-electron chi connectivity index (χ3n) is 3.88. The van der Waals surface area contributed by atoms with Crippen LogP contribution in [0.5, 0.6) is 0 Å². The number of carbonyl (C=O) groups is 2. The second-order valence-electron chi connectivity index (χ2n) is 5.66. The number of ether oxygens (including phenoxy) is 2. The molecule has 1 aliphatic heterocycles. The van der Waals surface area contributed by atoms with Gasteiger partial charge in [0.25, 0.3) is 0 Å². The Bertz CT molecular complexity index is 757. The van der Waals surface area contributed by atoms with E-state index in [1.54, 1.807) is 24.3 Å². The van der Waals surface area contributed by atoms with E-state index in [1.165, 1.54) is 0 Å². The van der Waals surface area contributed by atoms with Crippen molar-refractivity contribution in [2.24, 2.45) is 16.1 Å². The van der Waals surface area contributed by atoms with Crippen molar-refractivity contribution in [1.29, 1.82) is 0 Å². The molecular formula is C19H18N2O4. The third-order valence-corrected chi connectivity index (χ3v) is 3.88. The van der Waals surface area contributed by atoms with Gasteiger partial charge in [-0.25, -0.2) is 4.79 Å². The number of hydrogen-bond donors (Lipinski definition) is 0. The Morgan fingerprint density at radius 1 is 1.04 bits per heavy atom. The highest BCUT2D eigenvalue weighted by Crippen LogP contribution is 2.20. The molecule has 1 fully saturated rings. The summed E-state index contributed by atoms with van der Waals surface area (Å²) < 4.78 is 10.1. The van der Waals surface area contributed by atoms with Crippen molar-refractivity contribution in [3.05, 3.63) is 60.2 Å². The summed E-state index contributed by atoms with van der Waals surface area (Å²) in [4.78, 5) is 23.3. The molecule has 0 radical (unpaired) electrons. The zero-order valence-corrected chi connectivity index (χ0v) is 13.6. The molecule has 128 valence electrons. The van der Waals surface area contributed by atoms with Gasteiger partial charge in [0.1, 0.15) is 0 Å². The average molecular weight is 338 g/mol. The Labute approximate surface area is 145 Å². The molecule has 1 heterocycles. The van der Waals surface area contributed by atoms with Crippen molar-refractivity contribution in [2.75, 3.05) is 13.2 Å². The number of benzene rings is 2. The molecule has 1 aliphatic rings. The Morgan fingerprint density at radius 2 is 1.72 bits per heavy atom. The van der Waals surface area contributed by atoms with Crippen LogP contribution >= 0.6 is 0 Å². The topological polar surface area (TPSA) is 77.3 Å². The molecule has 0 amide bonds. The van der Waals surface area contributed by atoms with Gasteiger partial charge in [-0.15, -0.1) is 0 Å². The minimum Gasteiger partial charge on any atom is -0.465 e. The zero-order valence-electron chi connectivity index (χ0n) is 13.6. The molecule has 25 heavy (non-hydrogen) atoms. The van der Waals surface area contributed by atoms with Crippen molar-refractivity contribution >= 4 is 23.3 Å². The van der Waals surface area contributed by atoms with E-state index in [4.69, 9.17) is 9.47 Å². The van der Waals surface area contributed by atoms with Gasteiger partial charge in [0.2, 0.25) is 0 Å². The largest absolute Gasteiger partial charge is 0.465 e. The van der Waals surface area contributed by atoms with Crippen LogP contribution in [0.4, 0.5) is 11.4 Å². The number of esters is 2. The van der Waals surface area contributed by atoms with Crippen LogP contribution in [0.3, 0.4) is 0 Å². The lowest BCUT2D eigenvalue weighted by Gasteiger charge is -2.07. The molecule has 0 N–H and O–H groups in total. The normalized spacial score (nSPS) is 16.8. The molecule has 1 unspecified atom stereocenters. The van der Waals surface area contributed by atoms with E-state index in [9.17, 15) is 9.59 Å². The molecule has 0 aromatic heterocycles. The van der Waals surface area contributed by atoms with Gasteiger partial charge < -0.3 is 9.47 Å². The summed E-state index contributed by atoms with van der Waals surface area (Å²) in [6.07, 6.45) is 1.19. The molecule has 3 rings (SSSR count). The summed E-state index contributed by atoms with van der Waals surface area (Å²) in [6.45, 7) is 0.657. The minimum absolute atomic E-state index is 0.159. The van der Waals surface area contributed by atoms with Crippen molar-refractivity contribution in [1.82, 2.24) is 0 Å². The van der Waals surface area contributed by atoms with Gasteiger partial charge in [0.15, 0.2) is 0 Å². The van der Waals surface area contributed by atoms with Crippen LogP contribution in [-0.4, -0.2) is 25.2 Å². The minimum atomic E-state index is -0.419. The highest BCUT2D eigenvalue weighted by atomic mass is 16.5. The summed E-state index contributed by atoms with van der Waals surface area (Å²) >= 11 is 0. The smallest absolute Gasteiger partial charge is 0.338 e. The van der Waals surface area contributed by atoms with E-state index in [-0.39, 0.29) is 18.5 Å². The van der Waals surface area contributed by atoms with Crippen LogP contribution < -0.4 is 0 Å². The van der Waals surface area contributed by atoms with Crippen LogP contribution in [0.1, 0.15) is 23.2 Å². The Morgan fingerprint density at radius 3 is 2.36 bits per heavy atom. The Kier molecular flexibility index (Phi) is 5.51. The molecular weight excluding hydrogens is 320 g/mol. The quantitative estimate of drug-likeness (QED) is 0.584. The first-order valence-corrected chi connectivity index (χ1v) is 8.13. The molecule has 1 saturated heterocycles. The van der Waals surface area contributed by atoms with E-state index in [0.29, 0.717) is 30.7 Å². The maximum Gasteiger partial charge on any atom is 0.338 e. The first-order valence-electron chi connectivity index (χ1n) is 8.13. The van der Waals surface area contributed by atoms with Gasteiger partial charge in [-0.1, -0.05) is 18.2 Å². The monoisotopic (exact) mass is 338 g/mol. The van der Waals surface area contributed by atoms with E-state index in [1.807, 2.05) is 30.3 Å². The summed E-state index contributed by atoms with van der Waals surface area (Å²) in [5.74, 6) is -0.782. The average Bonchev–Trinajstić information content (AvgIpc) is 3.06. The zero-order chi connectivity index (χ0) is 17.5. The number of cyclic esters (lactones) is 1. The van der Waals surface area contributed by atoms with Crippen molar-refractivity contribution < 1.29 is 19.1 Å². The Hall–Kier alpha value is -3.02. The van der Waals surface area contributed by atoms with Crippen molar-refractivity contribution in [3.8, 4) is 0 Å². The maximum absolute atomic E-state index is 12.0. The predicted molar refractivity (Wildman–Crippen MR) is 91.0 cm³/mol. The molecule has 6 nitrogen and oxygen atoms in total. The number of hydrogen-bond acceptors (Lipinski definition) is 6. The molecule has 0 saturated carbocycles. The second kappa shape index (κ2) is 8.19. The van der Waals surface area contributed by atoms with Crippen LogP contribution in [0.15, 0.2) is 64.8 Å². The molecule has 0 spiro atoms. The fourth-order valence-electron chi connectivity index (χ4n) is 2.45. The van der Waals surface area contributed by atoms with Crippen LogP contribution in [0.25, 0.3) is 0 Å². The van der Waals surface area contributed by atoms with Gasteiger partial charge in [0, 0.05) is 0 Å². The lowest BCUT2D eigenvalue weighted by atomic mass is 10.1. The van der Waals surface area contributed by atoms with E-state index < -0.39 is 5.97 Å². The SMILES string of the molecule is O=C(OCCC1CCOC1=O)c1ccc(N=Nc2ccccc2)cc1. The van der Waals surface area contributed by atoms with Crippen molar-refractivity contribution in [3.63, 3.8) is 0 Å². The van der Waals surface area contributed by atoms with E-state index >= 15 is 0 Å². The number of azo groups is 1. The van der Waals surface area contributed by atoms with Crippen LogP contribution in [-0.2, 0) is 14.3 Å². The van der Waals surface area contributed by atoms with Crippen LogP contribution in [0, 0.1) is 5.92 Å². The van der Waals surface area contributed by atoms with E-state index in [0.717, 1.165) is 5.69 Å². The molecule has 0 aliphatic carbocycles. The first-order chi connectivity index (χ1) is 12.2. The van der Waals surface area contributed by atoms with Crippen molar-refractivity contribution in [2.45, 2.75) is 12.8 Å². The Balaban J connectivity index is 1.50. The van der Waals surface area contributed by atoms with Crippen LogP contribution in [0.2, 0.25) is 0 Å². The predicted octanol–water partition coefficient (Wildman–Crippen LogP) is 4.21. The summed E-state index contributed by atoms with van der Waals surface area (Å²) in [5.41, 5.74) is 1.85.